The molecule has 0 bridgehead atoms. The number of aliphatic imine (C=N–C) groups is 1. The summed E-state index contributed by atoms with van der Waals surface area (Å²) in [5, 5.41) is 20.9. The molecule has 1 unspecified atom stereocenters. The third-order valence-corrected chi connectivity index (χ3v) is 4.59. The molecule has 1 aromatic carbocycles. The zero-order valence-corrected chi connectivity index (χ0v) is 17.9. The van der Waals surface area contributed by atoms with E-state index >= 15 is 0 Å². The van der Waals surface area contributed by atoms with E-state index in [1.807, 2.05) is 12.1 Å². The van der Waals surface area contributed by atoms with Crippen molar-refractivity contribution in [2.45, 2.75) is 19.3 Å². The number of hydrogen-bond acceptors (Lipinski definition) is 4. The fourth-order valence-corrected chi connectivity index (χ4v) is 3.12. The Balaban J connectivity index is 0.00000312. The van der Waals surface area contributed by atoms with Crippen molar-refractivity contribution in [3.63, 3.8) is 0 Å². The summed E-state index contributed by atoms with van der Waals surface area (Å²) >= 11 is 1.72. The number of rotatable bonds is 7. The Kier molecular flexibility index (Phi) is 9.66. The van der Waals surface area contributed by atoms with Crippen LogP contribution < -0.4 is 15.4 Å². The lowest BCUT2D eigenvalue weighted by Gasteiger charge is -2.15. The highest BCUT2D eigenvalue weighted by Crippen LogP contribution is 2.23. The van der Waals surface area contributed by atoms with Crippen molar-refractivity contribution < 1.29 is 9.84 Å². The molecule has 1 aromatic heterocycles. The van der Waals surface area contributed by atoms with Gasteiger partial charge in [0.1, 0.15) is 11.5 Å². The normalized spacial score (nSPS) is 12.2. The number of phenols is 1. The highest BCUT2D eigenvalue weighted by Gasteiger charge is 2.07. The molecule has 0 saturated carbocycles. The lowest BCUT2D eigenvalue weighted by Crippen LogP contribution is -2.39. The summed E-state index contributed by atoms with van der Waals surface area (Å²) in [5.74, 6) is 2.11. The van der Waals surface area contributed by atoms with Gasteiger partial charge < -0.3 is 20.5 Å². The second kappa shape index (κ2) is 11.2. The zero-order chi connectivity index (χ0) is 17.4. The van der Waals surface area contributed by atoms with Crippen LogP contribution in [0.15, 0.2) is 40.0 Å². The lowest BCUT2D eigenvalue weighted by atomic mass is 10.1. The molecule has 1 atom stereocenters. The highest BCUT2D eigenvalue weighted by molar-refractivity contribution is 14.0. The minimum atomic E-state index is 0. The molecule has 0 aliphatic carbocycles. The van der Waals surface area contributed by atoms with Crippen molar-refractivity contribution >= 4 is 41.3 Å². The highest BCUT2D eigenvalue weighted by atomic mass is 127. The number of phenolic OH excluding ortho intramolecular Hbond substituents is 1. The zero-order valence-electron chi connectivity index (χ0n) is 14.8. The van der Waals surface area contributed by atoms with E-state index < -0.39 is 0 Å². The van der Waals surface area contributed by atoms with Crippen LogP contribution in [-0.2, 0) is 6.42 Å². The Labute approximate surface area is 170 Å². The Bertz CT molecular complexity index is 662. The maximum Gasteiger partial charge on any atom is 0.191 e. The molecule has 2 aromatic rings. The summed E-state index contributed by atoms with van der Waals surface area (Å²) < 4.78 is 5.09. The Hall–Kier alpha value is -1.48. The van der Waals surface area contributed by atoms with Gasteiger partial charge in [0.25, 0.3) is 0 Å². The van der Waals surface area contributed by atoms with Gasteiger partial charge in [0, 0.05) is 26.2 Å². The van der Waals surface area contributed by atoms with Crippen molar-refractivity contribution in [3.8, 4) is 11.5 Å². The van der Waals surface area contributed by atoms with Crippen LogP contribution >= 0.6 is 35.3 Å². The van der Waals surface area contributed by atoms with Gasteiger partial charge in [-0.25, -0.2) is 0 Å². The molecule has 138 valence electrons. The molecule has 0 spiro atoms. The number of thiophene rings is 1. The van der Waals surface area contributed by atoms with Crippen molar-refractivity contribution in [1.82, 2.24) is 10.6 Å². The van der Waals surface area contributed by atoms with Crippen molar-refractivity contribution in [1.29, 1.82) is 0 Å². The van der Waals surface area contributed by atoms with Crippen LogP contribution in [0.4, 0.5) is 0 Å². The summed E-state index contributed by atoms with van der Waals surface area (Å²) in [5.41, 5.74) is 2.22. The molecule has 2 rings (SSSR count). The second-order valence-corrected chi connectivity index (χ2v) is 6.36. The number of nitrogens with zero attached hydrogens (tertiary/aromatic N) is 1. The van der Waals surface area contributed by atoms with Crippen LogP contribution in [0.3, 0.4) is 0 Å². The van der Waals surface area contributed by atoms with E-state index in [0.29, 0.717) is 24.6 Å². The second-order valence-electron chi connectivity index (χ2n) is 5.58. The molecule has 25 heavy (non-hydrogen) atoms. The average Bonchev–Trinajstić information content (AvgIpc) is 3.13. The molecule has 0 radical (unpaired) electrons. The topological polar surface area (TPSA) is 65.9 Å². The van der Waals surface area contributed by atoms with Crippen LogP contribution in [-0.4, -0.2) is 38.3 Å². The molecule has 0 fully saturated rings. The Morgan fingerprint density at radius 3 is 2.72 bits per heavy atom. The Morgan fingerprint density at radius 2 is 2.12 bits per heavy atom. The predicted octanol–water partition coefficient (Wildman–Crippen LogP) is 3.59. The summed E-state index contributed by atoms with van der Waals surface area (Å²) in [6.45, 7) is 3.70. The van der Waals surface area contributed by atoms with Gasteiger partial charge in [-0.2, -0.15) is 11.3 Å². The number of benzene rings is 1. The third kappa shape index (κ3) is 6.74. The van der Waals surface area contributed by atoms with Gasteiger partial charge >= 0.3 is 0 Å². The number of nitrogens with one attached hydrogen (secondary N) is 2. The van der Waals surface area contributed by atoms with E-state index in [9.17, 15) is 5.11 Å². The van der Waals surface area contributed by atoms with Gasteiger partial charge in [-0.3, -0.25) is 4.99 Å². The number of halogens is 1. The van der Waals surface area contributed by atoms with E-state index in [-0.39, 0.29) is 29.7 Å². The molecule has 7 heteroatoms. The van der Waals surface area contributed by atoms with Crippen molar-refractivity contribution in [2.75, 3.05) is 27.2 Å². The first kappa shape index (κ1) is 21.6. The van der Waals surface area contributed by atoms with Gasteiger partial charge in [-0.1, -0.05) is 13.0 Å². The molecular formula is C18H26IN3O2S. The third-order valence-electron chi connectivity index (χ3n) is 3.89. The lowest BCUT2D eigenvalue weighted by molar-refractivity contribution is 0.406. The first-order chi connectivity index (χ1) is 11.6. The van der Waals surface area contributed by atoms with Crippen molar-refractivity contribution in [3.05, 3.63) is 46.2 Å². The summed E-state index contributed by atoms with van der Waals surface area (Å²) in [6, 6.07) is 7.51. The SMILES string of the molecule is CN=C(NCCc1ccc(OC)cc1O)NCC(C)c1ccsc1.I. The number of guanidine groups is 1. The molecular weight excluding hydrogens is 449 g/mol. The van der Waals surface area contributed by atoms with E-state index in [0.717, 1.165) is 18.1 Å². The number of aromatic hydroxyl groups is 1. The van der Waals surface area contributed by atoms with Crippen LogP contribution in [0.5, 0.6) is 11.5 Å². The molecule has 5 nitrogen and oxygen atoms in total. The van der Waals surface area contributed by atoms with Gasteiger partial charge in [-0.15, -0.1) is 24.0 Å². The van der Waals surface area contributed by atoms with Gasteiger partial charge in [0.05, 0.1) is 7.11 Å². The first-order valence-corrected chi connectivity index (χ1v) is 8.90. The molecule has 0 saturated heterocycles. The summed E-state index contributed by atoms with van der Waals surface area (Å²) in [7, 11) is 3.35. The maximum absolute atomic E-state index is 9.97. The average molecular weight is 475 g/mol. The number of hydrogen-bond donors (Lipinski definition) is 3. The summed E-state index contributed by atoms with van der Waals surface area (Å²) in [6.07, 6.45) is 0.705. The molecule has 1 heterocycles. The van der Waals surface area contributed by atoms with E-state index in [2.05, 4.69) is 39.4 Å². The predicted molar refractivity (Wildman–Crippen MR) is 116 cm³/mol. The molecule has 3 N–H and O–H groups in total. The van der Waals surface area contributed by atoms with Crippen LogP contribution in [0.1, 0.15) is 24.0 Å². The minimum Gasteiger partial charge on any atom is -0.508 e. The minimum absolute atomic E-state index is 0. The van der Waals surface area contributed by atoms with Crippen molar-refractivity contribution in [2.24, 2.45) is 4.99 Å². The molecule has 0 aliphatic rings. The molecule has 0 amide bonds. The standard InChI is InChI=1S/C18H25N3O2S.HI/c1-13(15-7-9-24-12-15)11-21-18(19-2)20-8-6-14-4-5-16(23-3)10-17(14)22;/h4-5,7,9-10,12-13,22H,6,8,11H2,1-3H3,(H2,19,20,21);1H. The molecule has 0 aliphatic heterocycles. The Morgan fingerprint density at radius 1 is 1.32 bits per heavy atom. The van der Waals surface area contributed by atoms with Gasteiger partial charge in [0.2, 0.25) is 0 Å². The van der Waals surface area contributed by atoms with Crippen LogP contribution in [0.2, 0.25) is 0 Å². The monoisotopic (exact) mass is 475 g/mol. The fourth-order valence-electron chi connectivity index (χ4n) is 2.34. The fraction of sp³-hybridized carbons (Fsp3) is 0.389. The number of methoxy groups -OCH3 is 1. The largest absolute Gasteiger partial charge is 0.508 e. The quantitative estimate of drug-likeness (QED) is 0.326. The van der Waals surface area contributed by atoms with E-state index in [4.69, 9.17) is 4.74 Å². The van der Waals surface area contributed by atoms with E-state index in [1.165, 1.54) is 5.56 Å². The maximum atomic E-state index is 9.97. The number of ether oxygens (including phenoxy) is 1. The first-order valence-electron chi connectivity index (χ1n) is 7.96. The van der Waals surface area contributed by atoms with Gasteiger partial charge in [-0.05, 0) is 46.4 Å². The summed E-state index contributed by atoms with van der Waals surface area (Å²) in [4.78, 5) is 4.24. The van der Waals surface area contributed by atoms with E-state index in [1.54, 1.807) is 31.6 Å². The van der Waals surface area contributed by atoms with Crippen LogP contribution in [0, 0.1) is 0 Å². The smallest absolute Gasteiger partial charge is 0.191 e. The van der Waals surface area contributed by atoms with Gasteiger partial charge in [0.15, 0.2) is 5.96 Å². The van der Waals surface area contributed by atoms with Crippen LogP contribution in [0.25, 0.3) is 0 Å².